The Morgan fingerprint density at radius 1 is 1.03 bits per heavy atom. The molecule has 7 nitrogen and oxygen atoms in total. The van der Waals surface area contributed by atoms with E-state index in [-0.39, 0.29) is 11.9 Å². The molecule has 2 heterocycles. The molecule has 4 rings (SSSR count). The number of piperidine rings is 1. The molecule has 29 heavy (non-hydrogen) atoms. The molecule has 0 saturated carbocycles. The molecule has 7 heteroatoms. The smallest absolute Gasteiger partial charge is 0.262 e. The summed E-state index contributed by atoms with van der Waals surface area (Å²) in [6.45, 7) is 0.605. The Labute approximate surface area is 169 Å². The number of rotatable bonds is 5. The zero-order valence-corrected chi connectivity index (χ0v) is 16.5. The van der Waals surface area contributed by atoms with Crippen molar-refractivity contribution in [2.24, 2.45) is 0 Å². The highest BCUT2D eigenvalue weighted by atomic mass is 16.5. The van der Waals surface area contributed by atoms with Crippen LogP contribution < -0.4 is 9.47 Å². The van der Waals surface area contributed by atoms with E-state index in [1.807, 2.05) is 30.3 Å². The first kappa shape index (κ1) is 19.0. The van der Waals surface area contributed by atoms with E-state index in [9.17, 15) is 4.79 Å². The highest BCUT2D eigenvalue weighted by Crippen LogP contribution is 2.36. The minimum atomic E-state index is -0.282. The Kier molecular flexibility index (Phi) is 5.46. The van der Waals surface area contributed by atoms with Gasteiger partial charge in [-0.1, -0.05) is 41.6 Å². The summed E-state index contributed by atoms with van der Waals surface area (Å²) in [5.74, 6) is 1.77. The molecule has 0 radical (unpaired) electrons. The molecule has 1 aliphatic heterocycles. The van der Waals surface area contributed by atoms with Crippen LogP contribution in [0.15, 0.2) is 53.1 Å². The largest absolute Gasteiger partial charge is 0.496 e. The van der Waals surface area contributed by atoms with Gasteiger partial charge in [0, 0.05) is 12.1 Å². The van der Waals surface area contributed by atoms with Crippen molar-refractivity contribution in [1.82, 2.24) is 15.0 Å². The number of nitrogens with zero attached hydrogens (tertiary/aromatic N) is 3. The molecule has 1 unspecified atom stereocenters. The van der Waals surface area contributed by atoms with Crippen molar-refractivity contribution in [2.75, 3.05) is 20.8 Å². The zero-order valence-electron chi connectivity index (χ0n) is 16.5. The summed E-state index contributed by atoms with van der Waals surface area (Å²) in [5.41, 5.74) is 1.29. The Balaban J connectivity index is 1.67. The summed E-state index contributed by atoms with van der Waals surface area (Å²) in [4.78, 5) is 19.9. The molecule has 3 aromatic rings. The first-order valence-corrected chi connectivity index (χ1v) is 9.64. The molecule has 150 valence electrons. The number of ether oxygens (including phenoxy) is 2. The van der Waals surface area contributed by atoms with Crippen molar-refractivity contribution < 1.29 is 18.8 Å². The van der Waals surface area contributed by atoms with Gasteiger partial charge in [0.25, 0.3) is 5.91 Å². The van der Waals surface area contributed by atoms with Gasteiger partial charge in [-0.25, -0.2) is 0 Å². The van der Waals surface area contributed by atoms with Crippen LogP contribution in [0.3, 0.4) is 0 Å². The molecular formula is C22H23N3O4. The van der Waals surface area contributed by atoms with E-state index in [4.69, 9.17) is 14.0 Å². The molecule has 1 fully saturated rings. The highest BCUT2D eigenvalue weighted by molar-refractivity contribution is 6.00. The van der Waals surface area contributed by atoms with Crippen LogP contribution >= 0.6 is 0 Å². The normalized spacial score (nSPS) is 16.5. The first-order valence-electron chi connectivity index (χ1n) is 9.64. The van der Waals surface area contributed by atoms with Gasteiger partial charge in [-0.15, -0.1) is 0 Å². The number of carbonyl (C=O) groups is 1. The lowest BCUT2D eigenvalue weighted by molar-refractivity contribution is 0.0554. The molecule has 1 saturated heterocycles. The van der Waals surface area contributed by atoms with Gasteiger partial charge in [-0.2, -0.15) is 4.98 Å². The third-order valence-electron chi connectivity index (χ3n) is 5.16. The van der Waals surface area contributed by atoms with Gasteiger partial charge in [0.2, 0.25) is 11.7 Å². The lowest BCUT2D eigenvalue weighted by Crippen LogP contribution is -2.39. The Bertz CT molecular complexity index is 964. The second-order valence-electron chi connectivity index (χ2n) is 6.87. The van der Waals surface area contributed by atoms with E-state index in [0.29, 0.717) is 35.3 Å². The molecule has 1 atom stereocenters. The maximum Gasteiger partial charge on any atom is 0.262 e. The van der Waals surface area contributed by atoms with Crippen molar-refractivity contribution in [3.8, 4) is 22.9 Å². The van der Waals surface area contributed by atoms with Gasteiger partial charge in [-0.05, 0) is 31.4 Å². The van der Waals surface area contributed by atoms with Crippen LogP contribution in [0.1, 0.15) is 41.6 Å². The minimum Gasteiger partial charge on any atom is -0.496 e. The summed E-state index contributed by atoms with van der Waals surface area (Å²) in [5, 5.41) is 4.12. The van der Waals surface area contributed by atoms with Gasteiger partial charge >= 0.3 is 0 Å². The number of amides is 1. The number of aromatic nitrogens is 2. The highest BCUT2D eigenvalue weighted by Gasteiger charge is 2.35. The number of hydrogen-bond acceptors (Lipinski definition) is 6. The molecule has 1 aliphatic rings. The Morgan fingerprint density at radius 3 is 2.45 bits per heavy atom. The fraction of sp³-hybridized carbons (Fsp3) is 0.318. The molecule has 0 bridgehead atoms. The van der Waals surface area contributed by atoms with Crippen LogP contribution in [0.25, 0.3) is 11.4 Å². The summed E-state index contributed by atoms with van der Waals surface area (Å²) >= 11 is 0. The standard InChI is InChI=1S/C22H23N3O4/c1-27-17-12-8-13-18(28-2)19(17)22(26)25-14-7-6-11-16(25)21-23-20(24-29-21)15-9-4-3-5-10-15/h3-5,8-10,12-13,16H,6-7,11,14H2,1-2H3. The Morgan fingerprint density at radius 2 is 1.76 bits per heavy atom. The van der Waals surface area contributed by atoms with Crippen LogP contribution in [-0.4, -0.2) is 41.7 Å². The molecule has 2 aromatic carbocycles. The van der Waals surface area contributed by atoms with E-state index < -0.39 is 0 Å². The lowest BCUT2D eigenvalue weighted by Gasteiger charge is -2.34. The van der Waals surface area contributed by atoms with Gasteiger partial charge in [0.1, 0.15) is 23.1 Å². The summed E-state index contributed by atoms with van der Waals surface area (Å²) < 4.78 is 16.4. The monoisotopic (exact) mass is 393 g/mol. The summed E-state index contributed by atoms with van der Waals surface area (Å²) in [7, 11) is 3.09. The van der Waals surface area contributed by atoms with Crippen molar-refractivity contribution >= 4 is 5.91 Å². The van der Waals surface area contributed by atoms with Crippen LogP contribution in [0.4, 0.5) is 0 Å². The molecule has 0 aliphatic carbocycles. The van der Waals surface area contributed by atoms with E-state index in [1.54, 1.807) is 37.3 Å². The molecule has 0 spiro atoms. The number of benzene rings is 2. The fourth-order valence-corrected chi connectivity index (χ4v) is 3.71. The van der Waals surface area contributed by atoms with Crippen molar-refractivity contribution in [3.05, 3.63) is 60.0 Å². The predicted octanol–water partition coefficient (Wildman–Crippen LogP) is 4.12. The quantitative estimate of drug-likeness (QED) is 0.649. The lowest BCUT2D eigenvalue weighted by atomic mass is 10.00. The number of carbonyl (C=O) groups excluding carboxylic acids is 1. The van der Waals surface area contributed by atoms with Gasteiger partial charge in [0.05, 0.1) is 14.2 Å². The number of hydrogen-bond donors (Lipinski definition) is 0. The third kappa shape index (κ3) is 3.68. The average molecular weight is 393 g/mol. The van der Waals surface area contributed by atoms with Crippen LogP contribution in [0.5, 0.6) is 11.5 Å². The maximum absolute atomic E-state index is 13.5. The first-order chi connectivity index (χ1) is 14.2. The van der Waals surface area contributed by atoms with Gasteiger partial charge in [0.15, 0.2) is 0 Å². The third-order valence-corrected chi connectivity index (χ3v) is 5.16. The molecular weight excluding hydrogens is 370 g/mol. The number of likely N-dealkylation sites (tertiary alicyclic amines) is 1. The van der Waals surface area contributed by atoms with E-state index in [2.05, 4.69) is 10.1 Å². The second kappa shape index (κ2) is 8.34. The van der Waals surface area contributed by atoms with E-state index >= 15 is 0 Å². The zero-order chi connectivity index (χ0) is 20.2. The fourth-order valence-electron chi connectivity index (χ4n) is 3.71. The topological polar surface area (TPSA) is 77.7 Å². The summed E-state index contributed by atoms with van der Waals surface area (Å²) in [6, 6.07) is 14.7. The average Bonchev–Trinajstić information content (AvgIpc) is 3.29. The number of methoxy groups -OCH3 is 2. The van der Waals surface area contributed by atoms with E-state index in [1.165, 1.54) is 0 Å². The SMILES string of the molecule is COc1cccc(OC)c1C(=O)N1CCCCC1c1nc(-c2ccccc2)no1. The van der Waals surface area contributed by atoms with Crippen LogP contribution in [-0.2, 0) is 0 Å². The molecule has 1 amide bonds. The molecule has 1 aromatic heterocycles. The van der Waals surface area contributed by atoms with Crippen LogP contribution in [0, 0.1) is 0 Å². The predicted molar refractivity (Wildman–Crippen MR) is 107 cm³/mol. The van der Waals surface area contributed by atoms with E-state index in [0.717, 1.165) is 24.8 Å². The van der Waals surface area contributed by atoms with Gasteiger partial charge < -0.3 is 18.9 Å². The van der Waals surface area contributed by atoms with Crippen LogP contribution in [0.2, 0.25) is 0 Å². The minimum absolute atomic E-state index is 0.163. The van der Waals surface area contributed by atoms with Crippen molar-refractivity contribution in [1.29, 1.82) is 0 Å². The maximum atomic E-state index is 13.5. The molecule has 0 N–H and O–H groups in total. The Hall–Kier alpha value is -3.35. The second-order valence-corrected chi connectivity index (χ2v) is 6.87. The van der Waals surface area contributed by atoms with Crippen molar-refractivity contribution in [3.63, 3.8) is 0 Å². The van der Waals surface area contributed by atoms with Gasteiger partial charge in [-0.3, -0.25) is 4.79 Å². The summed E-state index contributed by atoms with van der Waals surface area (Å²) in [6.07, 6.45) is 2.67. The van der Waals surface area contributed by atoms with Crippen molar-refractivity contribution in [2.45, 2.75) is 25.3 Å².